The number of benzene rings is 1. The third-order valence-electron chi connectivity index (χ3n) is 4.31. The SMILES string of the molecule is CC(C)[NH+](Cc1ccccc1)Cc1c(C(=O)[O-])nc2ccccn12. The largest absolute Gasteiger partial charge is 0.543 e. The number of imidazole rings is 1. The summed E-state index contributed by atoms with van der Waals surface area (Å²) in [6, 6.07) is 16.1. The minimum atomic E-state index is -1.23. The quantitative estimate of drug-likeness (QED) is 0.726. The topological polar surface area (TPSA) is 61.9 Å². The Hall–Kier alpha value is -2.66. The van der Waals surface area contributed by atoms with E-state index in [2.05, 4.69) is 31.0 Å². The minimum Gasteiger partial charge on any atom is -0.543 e. The van der Waals surface area contributed by atoms with Crippen LogP contribution in [0.5, 0.6) is 0 Å². The molecule has 2 aromatic heterocycles. The second kappa shape index (κ2) is 6.84. The van der Waals surface area contributed by atoms with Crippen molar-refractivity contribution in [1.82, 2.24) is 9.38 Å². The van der Waals surface area contributed by atoms with Crippen LogP contribution in [0.1, 0.15) is 35.6 Å². The number of aromatic carboxylic acids is 1. The van der Waals surface area contributed by atoms with E-state index >= 15 is 0 Å². The molecule has 0 aliphatic rings. The molecule has 5 nitrogen and oxygen atoms in total. The molecular weight excluding hydrogens is 302 g/mol. The summed E-state index contributed by atoms with van der Waals surface area (Å²) in [7, 11) is 0. The highest BCUT2D eigenvalue weighted by atomic mass is 16.4. The lowest BCUT2D eigenvalue weighted by Gasteiger charge is -2.24. The zero-order valence-electron chi connectivity index (χ0n) is 13.9. The molecule has 3 rings (SSSR count). The summed E-state index contributed by atoms with van der Waals surface area (Å²) < 4.78 is 1.85. The summed E-state index contributed by atoms with van der Waals surface area (Å²) >= 11 is 0. The number of hydrogen-bond donors (Lipinski definition) is 1. The molecule has 0 bridgehead atoms. The molecule has 1 unspecified atom stereocenters. The number of aromatic nitrogens is 2. The van der Waals surface area contributed by atoms with Crippen LogP contribution in [0, 0.1) is 0 Å². The molecule has 1 atom stereocenters. The van der Waals surface area contributed by atoms with Gasteiger partial charge in [0, 0.05) is 11.8 Å². The molecule has 1 aromatic carbocycles. The van der Waals surface area contributed by atoms with Gasteiger partial charge in [-0.3, -0.25) is 4.40 Å². The third kappa shape index (κ3) is 3.31. The predicted molar refractivity (Wildman–Crippen MR) is 89.5 cm³/mol. The van der Waals surface area contributed by atoms with Crippen LogP contribution in [0.2, 0.25) is 0 Å². The molecule has 5 heteroatoms. The van der Waals surface area contributed by atoms with E-state index in [0.29, 0.717) is 23.9 Å². The molecule has 0 aliphatic carbocycles. The Kier molecular flexibility index (Phi) is 4.62. The molecule has 0 amide bonds. The van der Waals surface area contributed by atoms with E-state index in [4.69, 9.17) is 0 Å². The van der Waals surface area contributed by atoms with Crippen molar-refractivity contribution in [2.75, 3.05) is 0 Å². The number of carboxylic acid groups (broad SMARTS) is 1. The monoisotopic (exact) mass is 323 g/mol. The fourth-order valence-electron chi connectivity index (χ4n) is 2.92. The van der Waals surface area contributed by atoms with Gasteiger partial charge < -0.3 is 14.8 Å². The van der Waals surface area contributed by atoms with Gasteiger partial charge in [0.25, 0.3) is 0 Å². The first-order valence-corrected chi connectivity index (χ1v) is 8.12. The van der Waals surface area contributed by atoms with Gasteiger partial charge in [0.15, 0.2) is 0 Å². The van der Waals surface area contributed by atoms with Crippen LogP contribution < -0.4 is 10.0 Å². The summed E-state index contributed by atoms with van der Waals surface area (Å²) in [6.45, 7) is 5.67. The van der Waals surface area contributed by atoms with E-state index in [9.17, 15) is 9.90 Å². The van der Waals surface area contributed by atoms with E-state index in [1.54, 1.807) is 0 Å². The van der Waals surface area contributed by atoms with Gasteiger partial charge >= 0.3 is 0 Å². The first kappa shape index (κ1) is 16.2. The van der Waals surface area contributed by atoms with E-state index in [-0.39, 0.29) is 5.69 Å². The van der Waals surface area contributed by atoms with Gasteiger partial charge in [0.1, 0.15) is 30.1 Å². The van der Waals surface area contributed by atoms with Crippen molar-refractivity contribution >= 4 is 11.6 Å². The number of fused-ring (bicyclic) bond motifs is 1. The van der Waals surface area contributed by atoms with Crippen LogP contribution in [0.3, 0.4) is 0 Å². The maximum Gasteiger partial charge on any atom is 0.137 e. The highest BCUT2D eigenvalue weighted by Gasteiger charge is 2.21. The second-order valence-electron chi connectivity index (χ2n) is 6.28. The lowest BCUT2D eigenvalue weighted by molar-refractivity contribution is -0.948. The van der Waals surface area contributed by atoms with Gasteiger partial charge in [0.05, 0.1) is 12.0 Å². The Labute approximate surface area is 141 Å². The number of carbonyl (C=O) groups excluding carboxylic acids is 1. The Bertz CT molecular complexity index is 840. The summed E-state index contributed by atoms with van der Waals surface area (Å²) in [5.74, 6) is -1.23. The average Bonchev–Trinajstić information content (AvgIpc) is 2.94. The van der Waals surface area contributed by atoms with Gasteiger partial charge in [-0.15, -0.1) is 0 Å². The number of hydrogen-bond acceptors (Lipinski definition) is 3. The molecule has 124 valence electrons. The van der Waals surface area contributed by atoms with Crippen LogP contribution in [0.4, 0.5) is 0 Å². The maximum absolute atomic E-state index is 11.5. The molecule has 0 radical (unpaired) electrons. The Morgan fingerprint density at radius 1 is 1.12 bits per heavy atom. The highest BCUT2D eigenvalue weighted by molar-refractivity contribution is 5.86. The number of carboxylic acids is 1. The first-order valence-electron chi connectivity index (χ1n) is 8.12. The fraction of sp³-hybridized carbons (Fsp3) is 0.263. The molecule has 3 aromatic rings. The summed E-state index contributed by atoms with van der Waals surface area (Å²) in [5.41, 5.74) is 2.58. The summed E-state index contributed by atoms with van der Waals surface area (Å²) in [6.07, 6.45) is 1.85. The summed E-state index contributed by atoms with van der Waals surface area (Å²) in [5, 5.41) is 11.5. The van der Waals surface area contributed by atoms with Gasteiger partial charge in [-0.1, -0.05) is 36.4 Å². The molecule has 0 saturated carbocycles. The van der Waals surface area contributed by atoms with Crippen LogP contribution in [-0.2, 0) is 13.1 Å². The normalized spacial score (nSPS) is 12.6. The van der Waals surface area contributed by atoms with E-state index < -0.39 is 5.97 Å². The van der Waals surface area contributed by atoms with Crippen molar-refractivity contribution in [3.8, 4) is 0 Å². The second-order valence-corrected chi connectivity index (χ2v) is 6.28. The summed E-state index contributed by atoms with van der Waals surface area (Å²) in [4.78, 5) is 17.0. The van der Waals surface area contributed by atoms with Gasteiger partial charge in [0.2, 0.25) is 0 Å². The van der Waals surface area contributed by atoms with Crippen molar-refractivity contribution in [1.29, 1.82) is 0 Å². The maximum atomic E-state index is 11.5. The van der Waals surface area contributed by atoms with Gasteiger partial charge in [-0.05, 0) is 26.0 Å². The highest BCUT2D eigenvalue weighted by Crippen LogP contribution is 2.11. The molecule has 0 spiro atoms. The van der Waals surface area contributed by atoms with Crippen LogP contribution in [0.25, 0.3) is 5.65 Å². The van der Waals surface area contributed by atoms with Crippen LogP contribution in [-0.4, -0.2) is 21.4 Å². The number of rotatable bonds is 6. The van der Waals surface area contributed by atoms with E-state index in [1.807, 2.05) is 47.0 Å². The molecule has 2 heterocycles. The van der Waals surface area contributed by atoms with Crippen molar-refractivity contribution in [3.05, 3.63) is 71.7 Å². The molecule has 24 heavy (non-hydrogen) atoms. The number of nitrogens with one attached hydrogen (secondary N) is 1. The Morgan fingerprint density at radius 2 is 1.83 bits per heavy atom. The molecular formula is C19H21N3O2. The first-order chi connectivity index (χ1) is 11.6. The molecule has 0 fully saturated rings. The fourth-order valence-corrected chi connectivity index (χ4v) is 2.92. The number of nitrogens with zero attached hydrogens (tertiary/aromatic N) is 2. The molecule has 0 aliphatic heterocycles. The average molecular weight is 323 g/mol. The van der Waals surface area contributed by atoms with E-state index in [1.165, 1.54) is 10.5 Å². The van der Waals surface area contributed by atoms with Gasteiger partial charge in [-0.2, -0.15) is 0 Å². The Balaban J connectivity index is 1.96. The standard InChI is InChI=1S/C19H21N3O2/c1-14(2)21(12-15-8-4-3-5-9-15)13-16-18(19(23)24)20-17-10-6-7-11-22(16)17/h3-11,14H,12-13H2,1-2H3,(H,23,24). The van der Waals surface area contributed by atoms with Crippen molar-refractivity contribution in [2.45, 2.75) is 33.0 Å². The van der Waals surface area contributed by atoms with Crippen molar-refractivity contribution in [2.24, 2.45) is 0 Å². The zero-order chi connectivity index (χ0) is 17.1. The van der Waals surface area contributed by atoms with E-state index in [0.717, 1.165) is 6.54 Å². The smallest absolute Gasteiger partial charge is 0.137 e. The lowest BCUT2D eigenvalue weighted by atomic mass is 10.1. The van der Waals surface area contributed by atoms with Gasteiger partial charge in [-0.25, -0.2) is 4.98 Å². The van der Waals surface area contributed by atoms with Crippen LogP contribution >= 0.6 is 0 Å². The van der Waals surface area contributed by atoms with Crippen molar-refractivity contribution in [3.63, 3.8) is 0 Å². The number of quaternary nitrogens is 1. The third-order valence-corrected chi connectivity index (χ3v) is 4.31. The van der Waals surface area contributed by atoms with Crippen LogP contribution in [0.15, 0.2) is 54.7 Å². The Morgan fingerprint density at radius 3 is 2.50 bits per heavy atom. The molecule has 0 saturated heterocycles. The number of pyridine rings is 1. The molecule has 1 N–H and O–H groups in total. The van der Waals surface area contributed by atoms with Crippen molar-refractivity contribution < 1.29 is 14.8 Å². The predicted octanol–water partition coefficient (Wildman–Crippen LogP) is 0.691. The number of carbonyl (C=O) groups is 1. The minimum absolute atomic E-state index is 0.0346. The lowest BCUT2D eigenvalue weighted by Crippen LogP contribution is -3.12. The zero-order valence-corrected chi connectivity index (χ0v) is 13.9.